The van der Waals surface area contributed by atoms with Crippen molar-refractivity contribution in [3.63, 3.8) is 0 Å². The fourth-order valence-electron chi connectivity index (χ4n) is 4.85. The first-order valence-electron chi connectivity index (χ1n) is 9.54. The van der Waals surface area contributed by atoms with Crippen molar-refractivity contribution >= 4 is 16.9 Å². The smallest absolute Gasteiger partial charge is 0.223 e. The van der Waals surface area contributed by atoms with Gasteiger partial charge in [-0.05, 0) is 43.9 Å². The molecule has 2 aliphatic rings. The van der Waals surface area contributed by atoms with Crippen LogP contribution in [0.4, 0.5) is 4.39 Å². The Morgan fingerprint density at radius 3 is 3.12 bits per heavy atom. The summed E-state index contributed by atoms with van der Waals surface area (Å²) in [5.41, 5.74) is 1.57. The molecule has 26 heavy (non-hydrogen) atoms. The Morgan fingerprint density at radius 1 is 1.42 bits per heavy atom. The van der Waals surface area contributed by atoms with Gasteiger partial charge in [-0.1, -0.05) is 6.42 Å². The maximum Gasteiger partial charge on any atom is 0.223 e. The van der Waals surface area contributed by atoms with Gasteiger partial charge >= 0.3 is 0 Å². The third-order valence-electron chi connectivity index (χ3n) is 6.14. The van der Waals surface area contributed by atoms with E-state index in [1.165, 1.54) is 18.6 Å². The maximum atomic E-state index is 13.3. The van der Waals surface area contributed by atoms with E-state index in [1.54, 1.807) is 13.2 Å². The van der Waals surface area contributed by atoms with Gasteiger partial charge in [-0.25, -0.2) is 9.37 Å². The SMILES string of the molecule is CO[C@@H]1CCC[C@]12CCCN(C(=O)CCc1nc3ccc(F)cc3[nH]1)C2. The second-order valence-electron chi connectivity index (χ2n) is 7.74. The van der Waals surface area contributed by atoms with Gasteiger partial charge in [-0.15, -0.1) is 0 Å². The number of rotatable bonds is 4. The third-order valence-corrected chi connectivity index (χ3v) is 6.14. The largest absolute Gasteiger partial charge is 0.381 e. The van der Waals surface area contributed by atoms with Crippen LogP contribution in [0.25, 0.3) is 11.0 Å². The molecule has 4 rings (SSSR count). The number of piperidine rings is 1. The van der Waals surface area contributed by atoms with Gasteiger partial charge in [-0.3, -0.25) is 4.79 Å². The number of imidazole rings is 1. The number of amides is 1. The summed E-state index contributed by atoms with van der Waals surface area (Å²) in [6.45, 7) is 1.65. The number of carbonyl (C=O) groups excluding carboxylic acids is 1. The zero-order valence-corrected chi connectivity index (χ0v) is 15.3. The molecule has 1 saturated heterocycles. The molecule has 6 heteroatoms. The quantitative estimate of drug-likeness (QED) is 0.910. The minimum atomic E-state index is -0.286. The standard InChI is InChI=1S/C20H26FN3O2/c1-26-17-4-2-9-20(17)10-3-11-24(13-20)19(25)8-7-18-22-15-6-5-14(21)12-16(15)23-18/h5-6,12,17H,2-4,7-11,13H2,1H3,(H,22,23)/t17-,20-/m1/s1. The van der Waals surface area contributed by atoms with Gasteiger partial charge in [0.25, 0.3) is 0 Å². The minimum absolute atomic E-state index is 0.152. The van der Waals surface area contributed by atoms with Gasteiger partial charge in [0.15, 0.2) is 0 Å². The van der Waals surface area contributed by atoms with E-state index < -0.39 is 0 Å². The van der Waals surface area contributed by atoms with Crippen LogP contribution < -0.4 is 0 Å². The van der Waals surface area contributed by atoms with Gasteiger partial charge in [0.05, 0.1) is 17.1 Å². The molecule has 2 aromatic rings. The summed E-state index contributed by atoms with van der Waals surface area (Å²) in [6, 6.07) is 4.50. The fraction of sp³-hybridized carbons (Fsp3) is 0.600. The van der Waals surface area contributed by atoms with Crippen molar-refractivity contribution in [1.82, 2.24) is 14.9 Å². The summed E-state index contributed by atoms with van der Waals surface area (Å²) in [4.78, 5) is 22.3. The van der Waals surface area contributed by atoms with Crippen molar-refractivity contribution in [3.05, 3.63) is 29.8 Å². The molecule has 1 spiro atoms. The van der Waals surface area contributed by atoms with Gasteiger partial charge < -0.3 is 14.6 Å². The Labute approximate surface area is 152 Å². The van der Waals surface area contributed by atoms with Crippen molar-refractivity contribution in [2.45, 2.75) is 51.0 Å². The summed E-state index contributed by atoms with van der Waals surface area (Å²) < 4.78 is 19.0. The first kappa shape index (κ1) is 17.5. The van der Waals surface area contributed by atoms with E-state index >= 15 is 0 Å². The second kappa shape index (κ2) is 6.99. The molecule has 2 heterocycles. The lowest BCUT2D eigenvalue weighted by Gasteiger charge is -2.43. The molecule has 0 unspecified atom stereocenters. The van der Waals surface area contributed by atoms with E-state index in [0.29, 0.717) is 18.4 Å². The van der Waals surface area contributed by atoms with Gasteiger partial charge in [0.2, 0.25) is 5.91 Å². The number of aryl methyl sites for hydroxylation is 1. The number of aromatic nitrogens is 2. The highest BCUT2D eigenvalue weighted by atomic mass is 19.1. The number of carbonyl (C=O) groups is 1. The average molecular weight is 359 g/mol. The van der Waals surface area contributed by atoms with Crippen molar-refractivity contribution < 1.29 is 13.9 Å². The Bertz CT molecular complexity index is 805. The van der Waals surface area contributed by atoms with Crippen LogP contribution in [-0.2, 0) is 16.0 Å². The number of methoxy groups -OCH3 is 1. The number of hydrogen-bond donors (Lipinski definition) is 1. The number of likely N-dealkylation sites (tertiary alicyclic amines) is 1. The molecule has 2 fully saturated rings. The Kier molecular flexibility index (Phi) is 4.69. The number of ether oxygens (including phenoxy) is 1. The Hall–Kier alpha value is -1.95. The number of benzene rings is 1. The predicted molar refractivity (Wildman–Crippen MR) is 97.3 cm³/mol. The number of H-pyrrole nitrogens is 1. The number of hydrogen-bond acceptors (Lipinski definition) is 3. The lowest BCUT2D eigenvalue weighted by atomic mass is 9.76. The summed E-state index contributed by atoms with van der Waals surface area (Å²) in [5, 5.41) is 0. The van der Waals surface area contributed by atoms with E-state index in [9.17, 15) is 9.18 Å². The topological polar surface area (TPSA) is 58.2 Å². The number of fused-ring (bicyclic) bond motifs is 1. The molecular formula is C20H26FN3O2. The van der Waals surface area contributed by atoms with Crippen LogP contribution >= 0.6 is 0 Å². The van der Waals surface area contributed by atoms with Gasteiger partial charge in [-0.2, -0.15) is 0 Å². The van der Waals surface area contributed by atoms with Crippen LogP contribution in [0.5, 0.6) is 0 Å². The molecule has 5 nitrogen and oxygen atoms in total. The molecule has 1 aromatic carbocycles. The normalized spacial score (nSPS) is 26.1. The van der Waals surface area contributed by atoms with Crippen molar-refractivity contribution in [2.75, 3.05) is 20.2 Å². The summed E-state index contributed by atoms with van der Waals surface area (Å²) >= 11 is 0. The van der Waals surface area contributed by atoms with Crippen molar-refractivity contribution in [1.29, 1.82) is 0 Å². The van der Waals surface area contributed by atoms with E-state index in [1.807, 2.05) is 4.90 Å². The Morgan fingerprint density at radius 2 is 2.27 bits per heavy atom. The van der Waals surface area contributed by atoms with Crippen molar-refractivity contribution in [2.24, 2.45) is 5.41 Å². The molecule has 0 bridgehead atoms. The summed E-state index contributed by atoms with van der Waals surface area (Å²) in [7, 11) is 1.79. The number of nitrogens with zero attached hydrogens (tertiary/aromatic N) is 2. The monoisotopic (exact) mass is 359 g/mol. The molecule has 0 radical (unpaired) electrons. The molecule has 1 aromatic heterocycles. The number of halogens is 1. The predicted octanol–water partition coefficient (Wildman–Crippen LogP) is 3.44. The lowest BCUT2D eigenvalue weighted by molar-refractivity contribution is -0.137. The van der Waals surface area contributed by atoms with Crippen LogP contribution in [0.3, 0.4) is 0 Å². The molecule has 140 valence electrons. The van der Waals surface area contributed by atoms with Crippen LogP contribution in [0.15, 0.2) is 18.2 Å². The number of nitrogens with one attached hydrogen (secondary N) is 1. The zero-order valence-electron chi connectivity index (χ0n) is 15.3. The highest BCUT2D eigenvalue weighted by Gasteiger charge is 2.46. The van der Waals surface area contributed by atoms with Crippen LogP contribution in [0.1, 0.15) is 44.3 Å². The summed E-state index contributed by atoms with van der Waals surface area (Å²) in [5.74, 6) is 0.630. The lowest BCUT2D eigenvalue weighted by Crippen LogP contribution is -2.49. The van der Waals surface area contributed by atoms with E-state index in [-0.39, 0.29) is 23.2 Å². The summed E-state index contributed by atoms with van der Waals surface area (Å²) in [6.07, 6.45) is 6.92. The van der Waals surface area contributed by atoms with Gasteiger partial charge in [0.1, 0.15) is 11.6 Å². The highest BCUT2D eigenvalue weighted by molar-refractivity contribution is 5.77. The first-order chi connectivity index (χ1) is 12.6. The molecular weight excluding hydrogens is 333 g/mol. The van der Waals surface area contributed by atoms with Crippen LogP contribution in [0.2, 0.25) is 0 Å². The Balaban J connectivity index is 1.39. The molecule has 1 saturated carbocycles. The van der Waals surface area contributed by atoms with E-state index in [2.05, 4.69) is 9.97 Å². The van der Waals surface area contributed by atoms with Crippen LogP contribution in [0, 0.1) is 11.2 Å². The van der Waals surface area contributed by atoms with E-state index in [0.717, 1.165) is 50.1 Å². The third kappa shape index (κ3) is 3.22. The molecule has 1 aliphatic carbocycles. The maximum absolute atomic E-state index is 13.3. The first-order valence-corrected chi connectivity index (χ1v) is 9.54. The minimum Gasteiger partial charge on any atom is -0.381 e. The molecule has 2 atom stereocenters. The zero-order chi connectivity index (χ0) is 18.1. The second-order valence-corrected chi connectivity index (χ2v) is 7.74. The van der Waals surface area contributed by atoms with Crippen molar-refractivity contribution in [3.8, 4) is 0 Å². The van der Waals surface area contributed by atoms with Crippen LogP contribution in [-0.4, -0.2) is 47.1 Å². The molecule has 1 aliphatic heterocycles. The average Bonchev–Trinajstić information content (AvgIpc) is 3.22. The van der Waals surface area contributed by atoms with Gasteiger partial charge in [0, 0.05) is 38.5 Å². The van der Waals surface area contributed by atoms with E-state index in [4.69, 9.17) is 4.74 Å². The highest BCUT2D eigenvalue weighted by Crippen LogP contribution is 2.46. The fourth-order valence-corrected chi connectivity index (χ4v) is 4.85. The molecule has 1 amide bonds. The number of aromatic amines is 1. The molecule has 1 N–H and O–H groups in total.